The van der Waals surface area contributed by atoms with E-state index in [1.165, 1.54) is 0 Å². The van der Waals surface area contributed by atoms with E-state index in [-0.39, 0.29) is 35.9 Å². The number of aliphatic hydroxyl groups excluding tert-OH is 1. The molecule has 3 N–H and O–H groups in total. The molecule has 2 saturated carbocycles. The van der Waals surface area contributed by atoms with Gasteiger partial charge in [0, 0.05) is 11.1 Å². The predicted octanol–water partition coefficient (Wildman–Crippen LogP) is 12.1. The second-order valence-electron chi connectivity index (χ2n) is 20.3. The Bertz CT molecular complexity index is 2160. The molecular weight excluding hydrogens is 881 g/mol. The van der Waals surface area contributed by atoms with Gasteiger partial charge >= 0.3 is 11.9 Å². The van der Waals surface area contributed by atoms with Gasteiger partial charge in [-0.3, -0.25) is 9.59 Å². The summed E-state index contributed by atoms with van der Waals surface area (Å²) in [6.07, 6.45) is 3.26. The van der Waals surface area contributed by atoms with Crippen molar-refractivity contribution >= 4 is 32.1 Å². The van der Waals surface area contributed by atoms with Crippen molar-refractivity contribution in [3.8, 4) is 0 Å². The van der Waals surface area contributed by atoms with Crippen molar-refractivity contribution in [2.45, 2.75) is 155 Å². The zero-order valence-corrected chi connectivity index (χ0v) is 43.6. The zero-order valence-electron chi connectivity index (χ0n) is 42.6. The SMILES string of the molecule is CC1CC[C@H](C(C)C)C(OC(=O)[C@H](O)[C@H](NC(=O)c2ccccc2)c2ccccc2)C1.CC[Si](CC)(CC)OC(C(=O)OC1CC(C)CC[C@@H]1C(C)C)C(NC(=O)c1ccccc1)c1ccccc1. The maximum atomic E-state index is 14.2. The first-order valence-corrected chi connectivity index (χ1v) is 28.2. The molecule has 0 aromatic heterocycles. The van der Waals surface area contributed by atoms with E-state index in [0.717, 1.165) is 62.2 Å². The topological polar surface area (TPSA) is 140 Å². The molecule has 374 valence electrons. The minimum absolute atomic E-state index is 0.139. The van der Waals surface area contributed by atoms with Gasteiger partial charge in [0.2, 0.25) is 0 Å². The highest BCUT2D eigenvalue weighted by molar-refractivity contribution is 6.73. The average molecular weight is 961 g/mol. The summed E-state index contributed by atoms with van der Waals surface area (Å²) in [5, 5.41) is 16.9. The highest BCUT2D eigenvalue weighted by Gasteiger charge is 2.44. The quantitative estimate of drug-likeness (QED) is 0.0623. The van der Waals surface area contributed by atoms with Crippen molar-refractivity contribution in [2.75, 3.05) is 0 Å². The van der Waals surface area contributed by atoms with Crippen LogP contribution in [0.3, 0.4) is 0 Å². The van der Waals surface area contributed by atoms with E-state index in [2.05, 4.69) is 72.9 Å². The number of esters is 2. The Morgan fingerprint density at radius 1 is 0.551 bits per heavy atom. The minimum atomic E-state index is -2.24. The minimum Gasteiger partial charge on any atom is -0.460 e. The Morgan fingerprint density at radius 2 is 0.913 bits per heavy atom. The molecule has 4 aromatic carbocycles. The van der Waals surface area contributed by atoms with Crippen molar-refractivity contribution < 1.29 is 38.2 Å². The number of hydrogen-bond donors (Lipinski definition) is 3. The molecule has 4 aromatic rings. The fourth-order valence-electron chi connectivity index (χ4n) is 10.2. The van der Waals surface area contributed by atoms with Gasteiger partial charge in [-0.15, -0.1) is 0 Å². The van der Waals surface area contributed by atoms with E-state index in [4.69, 9.17) is 13.9 Å². The van der Waals surface area contributed by atoms with Crippen molar-refractivity contribution in [3.05, 3.63) is 144 Å². The standard InChI is InChI=1S/C32H47NO4Si.C26H33NO4/c1-7-38(8-2,9-3)37-30(32(35)36-28-22-24(6)20-21-27(28)23(4)5)29(25-16-12-10-13-17-25)33-31(34)26-18-14-11-15-19-26;1-17(2)21-15-14-18(3)16-22(21)31-26(30)24(28)23(19-10-6-4-7-11-19)27-25(29)20-12-8-5-9-13-20/h10-19,23-24,27-30H,7-9,20-22H2,1-6H3,(H,33,34);4-13,17-18,21-24,28H,14-16H2,1-3H3,(H,27,29)/t24?,27-,28?,29?,30?;18?,21-,22?,23-,24-/m11/s1. The number of ether oxygens (including phenoxy) is 2. The number of amides is 2. The Morgan fingerprint density at radius 3 is 1.30 bits per heavy atom. The molecule has 6 unspecified atom stereocenters. The molecule has 0 spiro atoms. The molecular formula is C58H80N2O8Si. The molecule has 2 aliphatic rings. The van der Waals surface area contributed by atoms with E-state index in [1.54, 1.807) is 48.5 Å². The number of rotatable bonds is 19. The lowest BCUT2D eigenvalue weighted by atomic mass is 9.75. The monoisotopic (exact) mass is 961 g/mol. The fraction of sp³-hybridized carbons (Fsp3) is 0.517. The highest BCUT2D eigenvalue weighted by Crippen LogP contribution is 2.38. The number of nitrogens with one attached hydrogen (secondary N) is 2. The van der Waals surface area contributed by atoms with Crippen molar-refractivity contribution in [1.82, 2.24) is 10.6 Å². The first-order valence-electron chi connectivity index (χ1n) is 25.7. The fourth-order valence-corrected chi connectivity index (χ4v) is 13.0. The highest BCUT2D eigenvalue weighted by atomic mass is 28.4. The molecule has 10 atom stereocenters. The molecule has 6 rings (SSSR count). The van der Waals surface area contributed by atoms with Crippen LogP contribution in [0.25, 0.3) is 0 Å². The van der Waals surface area contributed by atoms with Gasteiger partial charge in [-0.25, -0.2) is 9.59 Å². The summed E-state index contributed by atoms with van der Waals surface area (Å²) >= 11 is 0. The van der Waals surface area contributed by atoms with Gasteiger partial charge in [-0.2, -0.15) is 0 Å². The molecule has 2 fully saturated rings. The van der Waals surface area contributed by atoms with Crippen LogP contribution in [0.2, 0.25) is 18.1 Å². The van der Waals surface area contributed by atoms with E-state index in [9.17, 15) is 24.3 Å². The van der Waals surface area contributed by atoms with E-state index in [0.29, 0.717) is 46.3 Å². The molecule has 2 aliphatic carbocycles. The number of carbonyl (C=O) groups is 4. The van der Waals surface area contributed by atoms with Gasteiger partial charge in [-0.1, -0.05) is 172 Å². The van der Waals surface area contributed by atoms with Crippen LogP contribution in [0.5, 0.6) is 0 Å². The third-order valence-corrected chi connectivity index (χ3v) is 19.4. The lowest BCUT2D eigenvalue weighted by Gasteiger charge is -2.40. The first kappa shape index (κ1) is 54.8. The van der Waals surface area contributed by atoms with Crippen LogP contribution in [0.4, 0.5) is 0 Å². The van der Waals surface area contributed by atoms with Gasteiger partial charge in [-0.05, 0) is 115 Å². The molecule has 2 amide bonds. The molecule has 0 saturated heterocycles. The maximum absolute atomic E-state index is 14.2. The Kier molecular flexibility index (Phi) is 21.3. The van der Waals surface area contributed by atoms with Crippen LogP contribution >= 0.6 is 0 Å². The Hall–Kier alpha value is -5.10. The molecule has 0 aliphatic heterocycles. The summed E-state index contributed by atoms with van der Waals surface area (Å²) in [6, 6.07) is 37.8. The third kappa shape index (κ3) is 15.4. The normalized spacial score (nSPS) is 22.2. The third-order valence-electron chi connectivity index (χ3n) is 14.8. The predicted molar refractivity (Wildman–Crippen MR) is 277 cm³/mol. The first-order chi connectivity index (χ1) is 33.1. The summed E-state index contributed by atoms with van der Waals surface area (Å²) in [6.45, 7) is 19.6. The number of carbonyl (C=O) groups excluding carboxylic acids is 4. The van der Waals surface area contributed by atoms with Crippen molar-refractivity contribution in [1.29, 1.82) is 0 Å². The van der Waals surface area contributed by atoms with Crippen LogP contribution in [-0.4, -0.2) is 61.6 Å². The number of hydrogen-bond acceptors (Lipinski definition) is 8. The van der Waals surface area contributed by atoms with E-state index >= 15 is 0 Å². The summed E-state index contributed by atoms with van der Waals surface area (Å²) < 4.78 is 19.1. The molecule has 11 heteroatoms. The van der Waals surface area contributed by atoms with Gasteiger partial charge in [0.1, 0.15) is 12.2 Å². The lowest BCUT2D eigenvalue weighted by Crippen LogP contribution is -2.51. The van der Waals surface area contributed by atoms with Gasteiger partial charge in [0.25, 0.3) is 11.8 Å². The van der Waals surface area contributed by atoms with Crippen LogP contribution in [-0.2, 0) is 23.5 Å². The average Bonchev–Trinajstić information content (AvgIpc) is 3.36. The molecule has 69 heavy (non-hydrogen) atoms. The van der Waals surface area contributed by atoms with Gasteiger partial charge in [0.05, 0.1) is 12.1 Å². The lowest BCUT2D eigenvalue weighted by molar-refractivity contribution is -0.168. The molecule has 0 bridgehead atoms. The number of aliphatic hydroxyl groups is 1. The van der Waals surface area contributed by atoms with Crippen LogP contribution in [0, 0.1) is 35.5 Å². The summed E-state index contributed by atoms with van der Waals surface area (Å²) in [4.78, 5) is 53.3. The van der Waals surface area contributed by atoms with Crippen LogP contribution in [0.1, 0.15) is 145 Å². The van der Waals surface area contributed by atoms with Gasteiger partial charge < -0.3 is 29.6 Å². The molecule has 10 nitrogen and oxygen atoms in total. The van der Waals surface area contributed by atoms with Crippen LogP contribution < -0.4 is 10.6 Å². The van der Waals surface area contributed by atoms with Crippen molar-refractivity contribution in [2.24, 2.45) is 35.5 Å². The second-order valence-corrected chi connectivity index (χ2v) is 25.0. The Balaban J connectivity index is 0.000000263. The van der Waals surface area contributed by atoms with Gasteiger partial charge in [0.15, 0.2) is 20.5 Å². The number of benzene rings is 4. The maximum Gasteiger partial charge on any atom is 0.337 e. The Labute approximate surface area is 413 Å². The second kappa shape index (κ2) is 26.8. The molecule has 0 heterocycles. The van der Waals surface area contributed by atoms with Crippen molar-refractivity contribution in [3.63, 3.8) is 0 Å². The summed E-state index contributed by atoms with van der Waals surface area (Å²) in [7, 11) is -2.24. The smallest absolute Gasteiger partial charge is 0.337 e. The molecule has 0 radical (unpaired) electrons. The largest absolute Gasteiger partial charge is 0.460 e. The van der Waals surface area contributed by atoms with E-state index in [1.807, 2.05) is 72.8 Å². The zero-order chi connectivity index (χ0) is 50.1. The summed E-state index contributed by atoms with van der Waals surface area (Å²) in [5.74, 6) is 0.792. The summed E-state index contributed by atoms with van der Waals surface area (Å²) in [5.41, 5.74) is 2.49. The van der Waals surface area contributed by atoms with E-state index < -0.39 is 38.6 Å². The van der Waals surface area contributed by atoms with Crippen LogP contribution in [0.15, 0.2) is 121 Å².